The van der Waals surface area contributed by atoms with E-state index in [0.29, 0.717) is 5.89 Å². The van der Waals surface area contributed by atoms with Crippen molar-refractivity contribution in [1.82, 2.24) is 4.98 Å². The molecule has 0 aliphatic rings. The van der Waals surface area contributed by atoms with Crippen molar-refractivity contribution < 1.29 is 8.83 Å². The molecule has 0 amide bonds. The van der Waals surface area contributed by atoms with Gasteiger partial charge in [0.25, 0.3) is 0 Å². The normalized spacial score (nSPS) is 11.4. The molecule has 0 aliphatic carbocycles. The van der Waals surface area contributed by atoms with E-state index < -0.39 is 0 Å². The molecule has 0 spiro atoms. The van der Waals surface area contributed by atoms with Crippen molar-refractivity contribution in [1.29, 1.82) is 0 Å². The zero-order valence-corrected chi connectivity index (χ0v) is 18.8. The summed E-state index contributed by atoms with van der Waals surface area (Å²) in [5, 5.41) is 2.04. The minimum atomic E-state index is 0.596. The maximum atomic E-state index is 6.36. The van der Waals surface area contributed by atoms with Gasteiger partial charge in [0.2, 0.25) is 5.89 Å². The molecule has 0 atom stereocenters. The largest absolute Gasteiger partial charge is 0.456 e. The van der Waals surface area contributed by atoms with Crippen LogP contribution in [0.15, 0.2) is 130 Å². The first kappa shape index (κ1) is 19.6. The number of nitrogens with zero attached hydrogens (tertiary/aromatic N) is 2. The van der Waals surface area contributed by atoms with Crippen LogP contribution in [0.5, 0.6) is 0 Å². The number of para-hydroxylation sites is 4. The highest BCUT2D eigenvalue weighted by molar-refractivity contribution is 6.12. The van der Waals surface area contributed by atoms with Crippen molar-refractivity contribution in [3.63, 3.8) is 0 Å². The van der Waals surface area contributed by atoms with Gasteiger partial charge in [-0.05, 0) is 60.7 Å². The summed E-state index contributed by atoms with van der Waals surface area (Å²) >= 11 is 0. The zero-order chi connectivity index (χ0) is 23.2. The second kappa shape index (κ2) is 7.89. The summed E-state index contributed by atoms with van der Waals surface area (Å²) in [4.78, 5) is 6.96. The van der Waals surface area contributed by atoms with Crippen LogP contribution in [0.25, 0.3) is 44.5 Å². The van der Waals surface area contributed by atoms with Crippen molar-refractivity contribution in [2.75, 3.05) is 4.90 Å². The molecule has 0 radical (unpaired) electrons. The number of rotatable bonds is 4. The second-order valence-corrected chi connectivity index (χ2v) is 8.45. The highest BCUT2D eigenvalue weighted by Crippen LogP contribution is 2.41. The molecule has 35 heavy (non-hydrogen) atoms. The van der Waals surface area contributed by atoms with Gasteiger partial charge in [-0.3, -0.25) is 0 Å². The first-order valence-corrected chi connectivity index (χ1v) is 11.6. The molecule has 0 aliphatic heterocycles. The lowest BCUT2D eigenvalue weighted by molar-refractivity contribution is 0.620. The Hall–Kier alpha value is -4.83. The van der Waals surface area contributed by atoms with Crippen LogP contribution in [0.4, 0.5) is 17.1 Å². The van der Waals surface area contributed by atoms with E-state index in [4.69, 9.17) is 13.8 Å². The van der Waals surface area contributed by atoms with Gasteiger partial charge in [-0.2, -0.15) is 0 Å². The Bertz CT molecular complexity index is 1730. The van der Waals surface area contributed by atoms with Crippen LogP contribution in [0.2, 0.25) is 0 Å². The fraction of sp³-hybridized carbons (Fsp3) is 0. The van der Waals surface area contributed by atoms with Crippen LogP contribution >= 0.6 is 0 Å². The van der Waals surface area contributed by atoms with E-state index in [1.165, 1.54) is 0 Å². The van der Waals surface area contributed by atoms with E-state index in [0.717, 1.165) is 55.7 Å². The minimum Gasteiger partial charge on any atom is -0.456 e. The second-order valence-electron chi connectivity index (χ2n) is 8.45. The van der Waals surface area contributed by atoms with Crippen molar-refractivity contribution >= 4 is 50.1 Å². The summed E-state index contributed by atoms with van der Waals surface area (Å²) in [6, 6.07) is 40.9. The topological polar surface area (TPSA) is 42.4 Å². The van der Waals surface area contributed by atoms with Gasteiger partial charge in [0.1, 0.15) is 16.7 Å². The van der Waals surface area contributed by atoms with E-state index in [9.17, 15) is 0 Å². The first-order valence-electron chi connectivity index (χ1n) is 11.6. The lowest BCUT2D eigenvalue weighted by Gasteiger charge is -2.25. The van der Waals surface area contributed by atoms with E-state index in [1.807, 2.05) is 54.6 Å². The van der Waals surface area contributed by atoms with Crippen LogP contribution in [0, 0.1) is 0 Å². The smallest absolute Gasteiger partial charge is 0.228 e. The first-order chi connectivity index (χ1) is 17.3. The molecule has 166 valence electrons. The van der Waals surface area contributed by atoms with Crippen LogP contribution in [-0.4, -0.2) is 4.98 Å². The van der Waals surface area contributed by atoms with Gasteiger partial charge in [-0.1, -0.05) is 54.6 Å². The average molecular weight is 453 g/mol. The highest BCUT2D eigenvalue weighted by atomic mass is 16.3. The van der Waals surface area contributed by atoms with Gasteiger partial charge >= 0.3 is 0 Å². The third kappa shape index (κ3) is 3.27. The Morgan fingerprint density at radius 3 is 1.94 bits per heavy atom. The third-order valence-corrected chi connectivity index (χ3v) is 6.29. The van der Waals surface area contributed by atoms with E-state index >= 15 is 0 Å². The van der Waals surface area contributed by atoms with Crippen molar-refractivity contribution in [2.45, 2.75) is 0 Å². The maximum absolute atomic E-state index is 6.36. The fourth-order valence-corrected chi connectivity index (χ4v) is 4.72. The quantitative estimate of drug-likeness (QED) is 0.267. The summed E-state index contributed by atoms with van der Waals surface area (Å²) in [6.45, 7) is 0. The Morgan fingerprint density at radius 2 is 1.20 bits per heavy atom. The summed E-state index contributed by atoms with van der Waals surface area (Å²) in [7, 11) is 0. The van der Waals surface area contributed by atoms with Gasteiger partial charge in [0.05, 0.1) is 0 Å². The summed E-state index contributed by atoms with van der Waals surface area (Å²) in [5.74, 6) is 0.596. The number of hydrogen-bond acceptors (Lipinski definition) is 4. The maximum Gasteiger partial charge on any atom is 0.228 e. The number of anilines is 3. The molecule has 4 nitrogen and oxygen atoms in total. The molecular formula is C31H20N2O2. The van der Waals surface area contributed by atoms with Gasteiger partial charge < -0.3 is 13.7 Å². The number of hydrogen-bond donors (Lipinski definition) is 0. The molecule has 0 unspecified atom stereocenters. The zero-order valence-electron chi connectivity index (χ0n) is 18.8. The molecule has 4 heteroatoms. The Balaban J connectivity index is 1.42. The molecule has 0 N–H and O–H groups in total. The standard InChI is InChI=1S/C31H20N2O2/c1-3-10-21(11-4-1)33(22-12-5-2-6-13-22)23-18-19-24-29(20-23)34-28-17-9-14-25(30(24)28)31-32-26-15-7-8-16-27(26)35-31/h1-20H. The number of aromatic nitrogens is 1. The lowest BCUT2D eigenvalue weighted by atomic mass is 10.1. The summed E-state index contributed by atoms with van der Waals surface area (Å²) in [5.41, 5.74) is 7.36. The number of oxazole rings is 1. The highest BCUT2D eigenvalue weighted by Gasteiger charge is 2.19. The Morgan fingerprint density at radius 1 is 0.514 bits per heavy atom. The van der Waals surface area contributed by atoms with Crippen LogP contribution in [0.3, 0.4) is 0 Å². The van der Waals surface area contributed by atoms with Crippen molar-refractivity contribution in [3.8, 4) is 11.5 Å². The number of benzene rings is 5. The van der Waals surface area contributed by atoms with Gasteiger partial charge in [-0.25, -0.2) is 4.98 Å². The molecular weight excluding hydrogens is 432 g/mol. The van der Waals surface area contributed by atoms with Crippen molar-refractivity contribution in [2.24, 2.45) is 0 Å². The molecule has 5 aromatic carbocycles. The summed E-state index contributed by atoms with van der Waals surface area (Å²) in [6.07, 6.45) is 0. The Kier molecular flexibility index (Phi) is 4.42. The molecule has 0 saturated carbocycles. The number of furan rings is 1. The number of fused-ring (bicyclic) bond motifs is 4. The van der Waals surface area contributed by atoms with Crippen molar-refractivity contribution in [3.05, 3.63) is 121 Å². The molecule has 0 saturated heterocycles. The predicted octanol–water partition coefficient (Wildman–Crippen LogP) is 8.86. The minimum absolute atomic E-state index is 0.596. The third-order valence-electron chi connectivity index (χ3n) is 6.29. The van der Waals surface area contributed by atoms with Crippen LogP contribution in [0.1, 0.15) is 0 Å². The monoisotopic (exact) mass is 452 g/mol. The molecule has 0 fully saturated rings. The van der Waals surface area contributed by atoms with Crippen LogP contribution < -0.4 is 4.90 Å². The summed E-state index contributed by atoms with van der Waals surface area (Å²) < 4.78 is 12.5. The molecule has 2 aromatic heterocycles. The van der Waals surface area contributed by atoms with E-state index in [-0.39, 0.29) is 0 Å². The van der Waals surface area contributed by atoms with E-state index in [1.54, 1.807) is 0 Å². The molecule has 7 aromatic rings. The van der Waals surface area contributed by atoms with E-state index in [2.05, 4.69) is 71.6 Å². The SMILES string of the molecule is c1ccc(N(c2ccccc2)c2ccc3c(c2)oc2cccc(-c4nc5ccccc5o4)c23)cc1. The van der Waals surface area contributed by atoms with Gasteiger partial charge in [0.15, 0.2) is 5.58 Å². The molecule has 0 bridgehead atoms. The lowest BCUT2D eigenvalue weighted by Crippen LogP contribution is -2.09. The Labute approximate surface area is 201 Å². The average Bonchev–Trinajstić information content (AvgIpc) is 3.51. The molecule has 7 rings (SSSR count). The fourth-order valence-electron chi connectivity index (χ4n) is 4.72. The molecule has 2 heterocycles. The van der Waals surface area contributed by atoms with Gasteiger partial charge in [-0.15, -0.1) is 0 Å². The van der Waals surface area contributed by atoms with Crippen LogP contribution in [-0.2, 0) is 0 Å². The predicted molar refractivity (Wildman–Crippen MR) is 141 cm³/mol. The van der Waals surface area contributed by atoms with Gasteiger partial charge in [0, 0.05) is 39.5 Å².